The summed E-state index contributed by atoms with van der Waals surface area (Å²) in [4.78, 5) is 2.31. The summed E-state index contributed by atoms with van der Waals surface area (Å²) in [5, 5.41) is 8.89. The molecule has 1 heterocycles. The predicted octanol–water partition coefficient (Wildman–Crippen LogP) is 0.902. The van der Waals surface area contributed by atoms with E-state index in [1.807, 2.05) is 0 Å². The van der Waals surface area contributed by atoms with Crippen molar-refractivity contribution in [1.82, 2.24) is 4.90 Å². The Balaban J connectivity index is 1.90. The smallest absolute Gasteiger partial charge is 0.0701 e. The number of methoxy groups -OCH3 is 1. The molecule has 0 bridgehead atoms. The molecule has 0 amide bonds. The summed E-state index contributed by atoms with van der Waals surface area (Å²) in [6.07, 6.45) is 2.17. The highest BCUT2D eigenvalue weighted by Gasteiger charge is 2.18. The lowest BCUT2D eigenvalue weighted by Gasteiger charge is -2.29. The zero-order valence-electron chi connectivity index (χ0n) is 11.3. The van der Waals surface area contributed by atoms with Gasteiger partial charge in [-0.3, -0.25) is 4.90 Å². The van der Waals surface area contributed by atoms with Crippen molar-refractivity contribution < 1.29 is 14.2 Å². The summed E-state index contributed by atoms with van der Waals surface area (Å²) in [5.41, 5.74) is 0. The van der Waals surface area contributed by atoms with Crippen molar-refractivity contribution in [3.63, 3.8) is 0 Å². The molecule has 0 N–H and O–H groups in total. The van der Waals surface area contributed by atoms with Gasteiger partial charge in [0.25, 0.3) is 0 Å². The van der Waals surface area contributed by atoms with Crippen molar-refractivity contribution >= 4 is 0 Å². The van der Waals surface area contributed by atoms with E-state index in [-0.39, 0.29) is 5.92 Å². The second-order valence-corrected chi connectivity index (χ2v) is 4.49. The minimum atomic E-state index is 0.205. The summed E-state index contributed by atoms with van der Waals surface area (Å²) in [6, 6.07) is 2.35. The van der Waals surface area contributed by atoms with Gasteiger partial charge in [-0.05, 0) is 19.4 Å². The minimum absolute atomic E-state index is 0.205. The third kappa shape index (κ3) is 6.92. The van der Waals surface area contributed by atoms with Gasteiger partial charge in [-0.25, -0.2) is 0 Å². The number of likely N-dealkylation sites (tertiary alicyclic amines) is 1. The van der Waals surface area contributed by atoms with Gasteiger partial charge < -0.3 is 14.2 Å². The molecule has 18 heavy (non-hydrogen) atoms. The molecule has 1 aliphatic rings. The summed E-state index contributed by atoms with van der Waals surface area (Å²) in [6.45, 7) is 6.10. The van der Waals surface area contributed by atoms with E-state index in [1.54, 1.807) is 7.11 Å². The van der Waals surface area contributed by atoms with Crippen molar-refractivity contribution in [2.75, 3.05) is 59.8 Å². The SMILES string of the molecule is COCCOCCOCCN1CCCC(C#N)C1. The first-order valence-corrected chi connectivity index (χ1v) is 6.63. The maximum Gasteiger partial charge on any atom is 0.0701 e. The van der Waals surface area contributed by atoms with Gasteiger partial charge in [-0.1, -0.05) is 0 Å². The number of rotatable bonds is 9. The van der Waals surface area contributed by atoms with Crippen LogP contribution in [0.3, 0.4) is 0 Å². The van der Waals surface area contributed by atoms with Gasteiger partial charge in [-0.2, -0.15) is 5.26 Å². The minimum Gasteiger partial charge on any atom is -0.382 e. The molecule has 0 aliphatic carbocycles. The van der Waals surface area contributed by atoms with Crippen molar-refractivity contribution in [1.29, 1.82) is 5.26 Å². The molecule has 5 heteroatoms. The Kier molecular flexibility index (Phi) is 8.78. The lowest BCUT2D eigenvalue weighted by molar-refractivity contribution is 0.0175. The first-order chi connectivity index (χ1) is 8.86. The largest absolute Gasteiger partial charge is 0.382 e. The van der Waals surface area contributed by atoms with E-state index in [9.17, 15) is 0 Å². The third-order valence-electron chi connectivity index (χ3n) is 3.04. The van der Waals surface area contributed by atoms with Crippen LogP contribution in [-0.4, -0.2) is 64.7 Å². The van der Waals surface area contributed by atoms with Gasteiger partial charge >= 0.3 is 0 Å². The highest BCUT2D eigenvalue weighted by Crippen LogP contribution is 2.14. The van der Waals surface area contributed by atoms with E-state index in [0.29, 0.717) is 33.0 Å². The normalized spacial score (nSPS) is 20.8. The Morgan fingerprint density at radius 3 is 2.61 bits per heavy atom. The van der Waals surface area contributed by atoms with Gasteiger partial charge in [0, 0.05) is 20.2 Å². The van der Waals surface area contributed by atoms with E-state index < -0.39 is 0 Å². The Labute approximate surface area is 110 Å². The average molecular weight is 256 g/mol. The molecule has 1 saturated heterocycles. The fourth-order valence-corrected chi connectivity index (χ4v) is 2.02. The molecule has 1 unspecified atom stereocenters. The van der Waals surface area contributed by atoms with Crippen molar-refractivity contribution in [3.8, 4) is 6.07 Å². The van der Waals surface area contributed by atoms with Crippen molar-refractivity contribution in [3.05, 3.63) is 0 Å². The number of ether oxygens (including phenoxy) is 3. The molecular weight excluding hydrogens is 232 g/mol. The predicted molar refractivity (Wildman–Crippen MR) is 68.3 cm³/mol. The molecular formula is C13H24N2O3. The number of hydrogen-bond donors (Lipinski definition) is 0. The fraction of sp³-hybridized carbons (Fsp3) is 0.923. The van der Waals surface area contributed by atoms with Crippen LogP contribution in [0.15, 0.2) is 0 Å². The van der Waals surface area contributed by atoms with Crippen LogP contribution >= 0.6 is 0 Å². The Bertz CT molecular complexity index is 243. The van der Waals surface area contributed by atoms with Crippen LogP contribution in [0.1, 0.15) is 12.8 Å². The van der Waals surface area contributed by atoms with E-state index in [1.165, 1.54) is 0 Å². The van der Waals surface area contributed by atoms with Gasteiger partial charge in [0.1, 0.15) is 0 Å². The molecule has 0 saturated carbocycles. The molecule has 0 aromatic heterocycles. The van der Waals surface area contributed by atoms with Crippen molar-refractivity contribution in [2.45, 2.75) is 12.8 Å². The van der Waals surface area contributed by atoms with Crippen molar-refractivity contribution in [2.24, 2.45) is 5.92 Å². The number of nitrogens with zero attached hydrogens (tertiary/aromatic N) is 2. The summed E-state index contributed by atoms with van der Waals surface area (Å²) >= 11 is 0. The van der Waals surface area contributed by atoms with Crippen LogP contribution in [0, 0.1) is 17.2 Å². The molecule has 0 spiro atoms. The van der Waals surface area contributed by atoms with Gasteiger partial charge in [0.2, 0.25) is 0 Å². The fourth-order valence-electron chi connectivity index (χ4n) is 2.02. The maximum atomic E-state index is 8.89. The van der Waals surface area contributed by atoms with Crippen LogP contribution in [0.5, 0.6) is 0 Å². The monoisotopic (exact) mass is 256 g/mol. The van der Waals surface area contributed by atoms with E-state index >= 15 is 0 Å². The van der Waals surface area contributed by atoms with Gasteiger partial charge in [0.15, 0.2) is 0 Å². The molecule has 0 aromatic rings. The molecule has 1 aliphatic heterocycles. The number of piperidine rings is 1. The standard InChI is InChI=1S/C13H24N2O3/c1-16-7-8-18-10-9-17-6-5-15-4-2-3-13(11-14)12-15/h13H,2-10,12H2,1H3. The second-order valence-electron chi connectivity index (χ2n) is 4.49. The summed E-state index contributed by atoms with van der Waals surface area (Å²) in [5.74, 6) is 0.205. The quantitative estimate of drug-likeness (QED) is 0.574. The number of nitriles is 1. The molecule has 1 rings (SSSR count). The van der Waals surface area contributed by atoms with Crippen LogP contribution in [0.2, 0.25) is 0 Å². The molecule has 0 radical (unpaired) electrons. The van der Waals surface area contributed by atoms with E-state index in [2.05, 4.69) is 11.0 Å². The zero-order valence-corrected chi connectivity index (χ0v) is 11.3. The molecule has 5 nitrogen and oxygen atoms in total. The highest BCUT2D eigenvalue weighted by atomic mass is 16.5. The molecule has 104 valence electrons. The van der Waals surface area contributed by atoms with Crippen LogP contribution in [-0.2, 0) is 14.2 Å². The highest BCUT2D eigenvalue weighted by molar-refractivity contribution is 4.88. The van der Waals surface area contributed by atoms with Crippen LogP contribution in [0.4, 0.5) is 0 Å². The number of hydrogen-bond acceptors (Lipinski definition) is 5. The average Bonchev–Trinajstić information content (AvgIpc) is 2.42. The summed E-state index contributed by atoms with van der Waals surface area (Å²) in [7, 11) is 1.66. The Hall–Kier alpha value is -0.670. The second kappa shape index (κ2) is 10.3. The summed E-state index contributed by atoms with van der Waals surface area (Å²) < 4.78 is 15.7. The van der Waals surface area contributed by atoms with Gasteiger partial charge in [-0.15, -0.1) is 0 Å². The first-order valence-electron chi connectivity index (χ1n) is 6.63. The Morgan fingerprint density at radius 1 is 1.17 bits per heavy atom. The zero-order chi connectivity index (χ0) is 13.1. The molecule has 1 fully saturated rings. The van der Waals surface area contributed by atoms with E-state index in [4.69, 9.17) is 19.5 Å². The topological polar surface area (TPSA) is 54.7 Å². The first kappa shape index (κ1) is 15.4. The lowest BCUT2D eigenvalue weighted by atomic mass is 10.00. The lowest BCUT2D eigenvalue weighted by Crippen LogP contribution is -2.37. The third-order valence-corrected chi connectivity index (χ3v) is 3.04. The maximum absolute atomic E-state index is 8.89. The molecule has 1 atom stereocenters. The van der Waals surface area contributed by atoms with Crippen LogP contribution in [0.25, 0.3) is 0 Å². The Morgan fingerprint density at radius 2 is 1.89 bits per heavy atom. The van der Waals surface area contributed by atoms with Crippen LogP contribution < -0.4 is 0 Å². The molecule has 0 aromatic carbocycles. The van der Waals surface area contributed by atoms with E-state index in [0.717, 1.165) is 32.5 Å². The van der Waals surface area contributed by atoms with Gasteiger partial charge in [0.05, 0.1) is 45.0 Å².